The zero-order chi connectivity index (χ0) is 17.5. The van der Waals surface area contributed by atoms with Crippen LogP contribution in [0.2, 0.25) is 0 Å². The standard InChI is InChI=1S/C20H24INO2/c1-5-9-24-20-17(21)11-16(12-19(20)23-6-2)13-22-18-10-14(3)7-8-15(18)4/h7-8,10-13H,5-6,9H2,1-4H3. The smallest absolute Gasteiger partial charge is 0.174 e. The minimum atomic E-state index is 0.607. The number of halogens is 1. The fraction of sp³-hybridized carbons (Fsp3) is 0.350. The second kappa shape index (κ2) is 9.06. The Morgan fingerprint density at radius 2 is 1.88 bits per heavy atom. The highest BCUT2D eigenvalue weighted by Crippen LogP contribution is 2.34. The minimum Gasteiger partial charge on any atom is -0.490 e. The highest BCUT2D eigenvalue weighted by atomic mass is 127. The van der Waals surface area contributed by atoms with Gasteiger partial charge in [-0.3, -0.25) is 4.99 Å². The summed E-state index contributed by atoms with van der Waals surface area (Å²) in [5, 5.41) is 0. The predicted octanol–water partition coefficient (Wildman–Crippen LogP) is 5.85. The molecule has 0 heterocycles. The first-order valence-corrected chi connectivity index (χ1v) is 9.33. The quantitative estimate of drug-likeness (QED) is 0.402. The van der Waals surface area contributed by atoms with Crippen LogP contribution in [0.5, 0.6) is 11.5 Å². The number of aryl methyl sites for hydroxylation is 2. The van der Waals surface area contributed by atoms with E-state index in [4.69, 9.17) is 9.47 Å². The molecule has 0 fully saturated rings. The van der Waals surface area contributed by atoms with E-state index in [1.165, 1.54) is 11.1 Å². The van der Waals surface area contributed by atoms with Crippen LogP contribution in [-0.4, -0.2) is 19.4 Å². The van der Waals surface area contributed by atoms with Crippen LogP contribution in [0.4, 0.5) is 5.69 Å². The molecule has 0 aliphatic heterocycles. The van der Waals surface area contributed by atoms with Crippen LogP contribution in [0.25, 0.3) is 0 Å². The predicted molar refractivity (Wildman–Crippen MR) is 109 cm³/mol. The van der Waals surface area contributed by atoms with Crippen LogP contribution < -0.4 is 9.47 Å². The summed E-state index contributed by atoms with van der Waals surface area (Å²) in [6, 6.07) is 10.4. The van der Waals surface area contributed by atoms with Gasteiger partial charge in [-0.25, -0.2) is 0 Å². The molecule has 3 nitrogen and oxygen atoms in total. The number of ether oxygens (including phenoxy) is 2. The molecule has 2 aromatic rings. The Balaban J connectivity index is 2.33. The van der Waals surface area contributed by atoms with Crippen molar-refractivity contribution in [3.63, 3.8) is 0 Å². The maximum atomic E-state index is 5.85. The molecule has 0 aromatic heterocycles. The first-order chi connectivity index (χ1) is 11.5. The van der Waals surface area contributed by atoms with Gasteiger partial charge in [0.2, 0.25) is 0 Å². The third kappa shape index (κ3) is 4.97. The molecular weight excluding hydrogens is 413 g/mol. The van der Waals surface area contributed by atoms with Crippen molar-refractivity contribution >= 4 is 34.5 Å². The number of hydrogen-bond donors (Lipinski definition) is 0. The lowest BCUT2D eigenvalue weighted by molar-refractivity contribution is 0.275. The second-order valence-electron chi connectivity index (χ2n) is 5.66. The topological polar surface area (TPSA) is 30.8 Å². The van der Waals surface area contributed by atoms with Crippen molar-refractivity contribution in [2.75, 3.05) is 13.2 Å². The fourth-order valence-electron chi connectivity index (χ4n) is 2.27. The zero-order valence-corrected chi connectivity index (χ0v) is 16.9. The Hall–Kier alpha value is -1.56. The summed E-state index contributed by atoms with van der Waals surface area (Å²) < 4.78 is 12.6. The van der Waals surface area contributed by atoms with Gasteiger partial charge in [0.15, 0.2) is 11.5 Å². The first kappa shape index (κ1) is 18.8. The maximum absolute atomic E-state index is 5.85. The molecule has 0 N–H and O–H groups in total. The minimum absolute atomic E-state index is 0.607. The van der Waals surface area contributed by atoms with Gasteiger partial charge in [0.25, 0.3) is 0 Å². The fourth-order valence-corrected chi connectivity index (χ4v) is 3.05. The van der Waals surface area contributed by atoms with Crippen molar-refractivity contribution < 1.29 is 9.47 Å². The Morgan fingerprint density at radius 1 is 1.08 bits per heavy atom. The molecule has 0 aliphatic carbocycles. The molecule has 0 unspecified atom stereocenters. The summed E-state index contributed by atoms with van der Waals surface area (Å²) in [4.78, 5) is 4.65. The maximum Gasteiger partial charge on any atom is 0.174 e. The second-order valence-corrected chi connectivity index (χ2v) is 6.82. The van der Waals surface area contributed by atoms with Gasteiger partial charge >= 0.3 is 0 Å². The molecule has 128 valence electrons. The molecule has 0 saturated heterocycles. The third-order valence-electron chi connectivity index (χ3n) is 3.50. The lowest BCUT2D eigenvalue weighted by atomic mass is 10.1. The Bertz CT molecular complexity index is 726. The van der Waals surface area contributed by atoms with E-state index in [2.05, 4.69) is 72.6 Å². The SMILES string of the molecule is CCCOc1c(I)cc(C=Nc2cc(C)ccc2C)cc1OCC. The highest BCUT2D eigenvalue weighted by Gasteiger charge is 2.11. The number of aliphatic imine (C=N–C) groups is 1. The Morgan fingerprint density at radius 3 is 2.58 bits per heavy atom. The van der Waals surface area contributed by atoms with Gasteiger partial charge in [0, 0.05) is 6.21 Å². The lowest BCUT2D eigenvalue weighted by Gasteiger charge is -2.14. The molecule has 2 rings (SSSR count). The van der Waals surface area contributed by atoms with Gasteiger partial charge in [-0.2, -0.15) is 0 Å². The van der Waals surface area contributed by atoms with Crippen LogP contribution in [0.1, 0.15) is 37.0 Å². The van der Waals surface area contributed by atoms with Gasteiger partial charge < -0.3 is 9.47 Å². The van der Waals surface area contributed by atoms with Crippen LogP contribution in [0.15, 0.2) is 35.3 Å². The van der Waals surface area contributed by atoms with Crippen molar-refractivity contribution in [3.05, 3.63) is 50.6 Å². The number of benzene rings is 2. The van der Waals surface area contributed by atoms with E-state index < -0.39 is 0 Å². The van der Waals surface area contributed by atoms with E-state index in [0.29, 0.717) is 13.2 Å². The van der Waals surface area contributed by atoms with Crippen LogP contribution in [0, 0.1) is 17.4 Å². The summed E-state index contributed by atoms with van der Waals surface area (Å²) in [7, 11) is 0. The Labute approximate surface area is 158 Å². The van der Waals surface area contributed by atoms with Gasteiger partial charge in [0.05, 0.1) is 22.5 Å². The van der Waals surface area contributed by atoms with Gasteiger partial charge in [-0.1, -0.05) is 19.1 Å². The summed E-state index contributed by atoms with van der Waals surface area (Å²) in [5.74, 6) is 1.60. The van der Waals surface area contributed by atoms with Crippen molar-refractivity contribution in [2.45, 2.75) is 34.1 Å². The van der Waals surface area contributed by atoms with Crippen LogP contribution in [-0.2, 0) is 0 Å². The number of nitrogens with zero attached hydrogens (tertiary/aromatic N) is 1. The molecule has 0 saturated carbocycles. The lowest BCUT2D eigenvalue weighted by Crippen LogP contribution is -2.02. The average molecular weight is 437 g/mol. The van der Waals surface area contributed by atoms with Crippen LogP contribution in [0.3, 0.4) is 0 Å². The van der Waals surface area contributed by atoms with Crippen molar-refractivity contribution in [1.29, 1.82) is 0 Å². The van der Waals surface area contributed by atoms with Crippen molar-refractivity contribution in [3.8, 4) is 11.5 Å². The van der Waals surface area contributed by atoms with E-state index in [1.807, 2.05) is 19.2 Å². The van der Waals surface area contributed by atoms with E-state index in [0.717, 1.165) is 32.7 Å². The molecule has 0 radical (unpaired) electrons. The Kier molecular flexibility index (Phi) is 7.09. The third-order valence-corrected chi connectivity index (χ3v) is 4.30. The molecule has 24 heavy (non-hydrogen) atoms. The van der Waals surface area contributed by atoms with Gasteiger partial charge in [-0.15, -0.1) is 0 Å². The highest BCUT2D eigenvalue weighted by molar-refractivity contribution is 14.1. The van der Waals surface area contributed by atoms with Crippen molar-refractivity contribution in [1.82, 2.24) is 0 Å². The summed E-state index contributed by atoms with van der Waals surface area (Å²) >= 11 is 2.29. The molecule has 2 aromatic carbocycles. The largest absolute Gasteiger partial charge is 0.490 e. The van der Waals surface area contributed by atoms with Gasteiger partial charge in [0.1, 0.15) is 0 Å². The van der Waals surface area contributed by atoms with Gasteiger partial charge in [-0.05, 0) is 84.7 Å². The molecule has 4 heteroatoms. The summed E-state index contributed by atoms with van der Waals surface area (Å²) in [6.45, 7) is 9.52. The van der Waals surface area contributed by atoms with E-state index in [9.17, 15) is 0 Å². The van der Waals surface area contributed by atoms with Crippen molar-refractivity contribution in [2.24, 2.45) is 4.99 Å². The zero-order valence-electron chi connectivity index (χ0n) is 14.7. The number of rotatable bonds is 7. The normalized spacial score (nSPS) is 11.0. The molecule has 0 bridgehead atoms. The van der Waals surface area contributed by atoms with E-state index in [-0.39, 0.29) is 0 Å². The van der Waals surface area contributed by atoms with E-state index >= 15 is 0 Å². The molecular formula is C20H24INO2. The van der Waals surface area contributed by atoms with E-state index in [1.54, 1.807) is 0 Å². The first-order valence-electron chi connectivity index (χ1n) is 8.25. The number of hydrogen-bond acceptors (Lipinski definition) is 3. The molecule has 0 spiro atoms. The summed E-state index contributed by atoms with van der Waals surface area (Å²) in [6.07, 6.45) is 2.85. The molecule has 0 amide bonds. The van der Waals surface area contributed by atoms with Crippen LogP contribution >= 0.6 is 22.6 Å². The molecule has 0 aliphatic rings. The monoisotopic (exact) mass is 437 g/mol. The average Bonchev–Trinajstić information content (AvgIpc) is 2.55. The molecule has 0 atom stereocenters. The summed E-state index contributed by atoms with van der Waals surface area (Å²) in [5.41, 5.74) is 4.38.